The van der Waals surface area contributed by atoms with E-state index in [1.807, 2.05) is 30.3 Å². The number of nitrogens with zero attached hydrogens (tertiary/aromatic N) is 1. The third-order valence-corrected chi connectivity index (χ3v) is 3.31. The fourth-order valence-electron chi connectivity index (χ4n) is 2.28. The Labute approximate surface area is 113 Å². The fourth-order valence-corrected chi connectivity index (χ4v) is 2.28. The van der Waals surface area contributed by atoms with Gasteiger partial charge in [0.2, 0.25) is 11.8 Å². The van der Waals surface area contributed by atoms with Gasteiger partial charge >= 0.3 is 0 Å². The average Bonchev–Trinajstić information content (AvgIpc) is 2.47. The molecule has 0 radical (unpaired) electrons. The fraction of sp³-hybridized carbons (Fsp3) is 0.429. The van der Waals surface area contributed by atoms with Gasteiger partial charge < -0.3 is 15.5 Å². The Morgan fingerprint density at radius 3 is 2.79 bits per heavy atom. The van der Waals surface area contributed by atoms with Crippen LogP contribution < -0.4 is 10.6 Å². The van der Waals surface area contributed by atoms with Crippen molar-refractivity contribution < 1.29 is 9.59 Å². The predicted molar refractivity (Wildman–Crippen MR) is 72.6 cm³/mol. The Bertz CT molecular complexity index is 447. The molecule has 1 aliphatic heterocycles. The summed E-state index contributed by atoms with van der Waals surface area (Å²) in [6, 6.07) is 9.19. The number of benzene rings is 1. The minimum absolute atomic E-state index is 0.00120. The minimum Gasteiger partial charge on any atom is -0.357 e. The first-order valence-corrected chi connectivity index (χ1v) is 6.48. The highest BCUT2D eigenvalue weighted by Crippen LogP contribution is 2.08. The van der Waals surface area contributed by atoms with Gasteiger partial charge in [0.05, 0.1) is 6.42 Å². The Morgan fingerprint density at radius 2 is 2.11 bits per heavy atom. The zero-order valence-corrected chi connectivity index (χ0v) is 11.1. The average molecular weight is 261 g/mol. The van der Waals surface area contributed by atoms with Crippen molar-refractivity contribution in [2.24, 2.45) is 0 Å². The van der Waals surface area contributed by atoms with Gasteiger partial charge in [0.15, 0.2) is 0 Å². The van der Waals surface area contributed by atoms with E-state index in [-0.39, 0.29) is 11.8 Å². The second-order valence-electron chi connectivity index (χ2n) is 4.58. The number of amides is 2. The summed E-state index contributed by atoms with van der Waals surface area (Å²) in [6.45, 7) is 1.82. The van der Waals surface area contributed by atoms with Crippen molar-refractivity contribution in [2.75, 3.05) is 26.7 Å². The SMILES string of the molecule is CNC(=O)C1CNCCN1C(=O)Cc1ccccc1. The highest BCUT2D eigenvalue weighted by atomic mass is 16.2. The van der Waals surface area contributed by atoms with Crippen LogP contribution in [0.15, 0.2) is 30.3 Å². The van der Waals surface area contributed by atoms with Gasteiger partial charge in [0.25, 0.3) is 0 Å². The summed E-state index contributed by atoms with van der Waals surface area (Å²) < 4.78 is 0. The molecule has 1 heterocycles. The number of hydrogen-bond acceptors (Lipinski definition) is 3. The Hall–Kier alpha value is -1.88. The molecule has 5 nitrogen and oxygen atoms in total. The molecule has 5 heteroatoms. The van der Waals surface area contributed by atoms with E-state index in [1.54, 1.807) is 11.9 Å². The lowest BCUT2D eigenvalue weighted by molar-refractivity contribution is -0.140. The summed E-state index contributed by atoms with van der Waals surface area (Å²) in [6.07, 6.45) is 0.342. The minimum atomic E-state index is -0.407. The van der Waals surface area contributed by atoms with Gasteiger partial charge in [-0.15, -0.1) is 0 Å². The van der Waals surface area contributed by atoms with Crippen LogP contribution in [0.3, 0.4) is 0 Å². The molecule has 1 atom stereocenters. The van der Waals surface area contributed by atoms with Crippen molar-refractivity contribution in [2.45, 2.75) is 12.5 Å². The van der Waals surface area contributed by atoms with Crippen LogP contribution in [-0.4, -0.2) is 49.4 Å². The normalized spacial score (nSPS) is 19.0. The Kier molecular flexibility index (Phi) is 4.52. The lowest BCUT2D eigenvalue weighted by atomic mass is 10.1. The topological polar surface area (TPSA) is 61.4 Å². The third kappa shape index (κ3) is 3.32. The summed E-state index contributed by atoms with van der Waals surface area (Å²) in [5, 5.41) is 5.75. The van der Waals surface area contributed by atoms with Crippen molar-refractivity contribution in [3.63, 3.8) is 0 Å². The molecule has 1 aliphatic rings. The molecular formula is C14H19N3O2. The third-order valence-electron chi connectivity index (χ3n) is 3.31. The maximum absolute atomic E-state index is 12.3. The molecule has 102 valence electrons. The van der Waals surface area contributed by atoms with E-state index >= 15 is 0 Å². The molecule has 19 heavy (non-hydrogen) atoms. The summed E-state index contributed by atoms with van der Waals surface area (Å²) in [7, 11) is 1.59. The van der Waals surface area contributed by atoms with Gasteiger partial charge in [-0.25, -0.2) is 0 Å². The highest BCUT2D eigenvalue weighted by Gasteiger charge is 2.31. The molecule has 0 saturated carbocycles. The number of hydrogen-bond donors (Lipinski definition) is 2. The van der Waals surface area contributed by atoms with Crippen LogP contribution in [-0.2, 0) is 16.0 Å². The predicted octanol–water partition coefficient (Wildman–Crippen LogP) is -0.224. The van der Waals surface area contributed by atoms with Gasteiger partial charge in [-0.05, 0) is 5.56 Å². The van der Waals surface area contributed by atoms with Crippen molar-refractivity contribution in [1.29, 1.82) is 0 Å². The van der Waals surface area contributed by atoms with Gasteiger partial charge in [-0.3, -0.25) is 9.59 Å². The van der Waals surface area contributed by atoms with Crippen molar-refractivity contribution >= 4 is 11.8 Å². The van der Waals surface area contributed by atoms with E-state index in [0.29, 0.717) is 19.5 Å². The van der Waals surface area contributed by atoms with Crippen LogP contribution in [0.1, 0.15) is 5.56 Å². The lowest BCUT2D eigenvalue weighted by Gasteiger charge is -2.35. The van der Waals surface area contributed by atoms with Gasteiger partial charge in [-0.1, -0.05) is 30.3 Å². The Morgan fingerprint density at radius 1 is 1.37 bits per heavy atom. The molecule has 0 aromatic heterocycles. The van der Waals surface area contributed by atoms with E-state index in [2.05, 4.69) is 10.6 Å². The van der Waals surface area contributed by atoms with Crippen molar-refractivity contribution in [3.8, 4) is 0 Å². The molecule has 0 aliphatic carbocycles. The van der Waals surface area contributed by atoms with E-state index in [9.17, 15) is 9.59 Å². The van der Waals surface area contributed by atoms with Crippen LogP contribution in [0.2, 0.25) is 0 Å². The largest absolute Gasteiger partial charge is 0.357 e. The van der Waals surface area contributed by atoms with Crippen LogP contribution in [0.5, 0.6) is 0 Å². The first-order chi connectivity index (χ1) is 9.22. The molecule has 1 aromatic rings. The van der Waals surface area contributed by atoms with Crippen molar-refractivity contribution in [1.82, 2.24) is 15.5 Å². The van der Waals surface area contributed by atoms with Crippen LogP contribution in [0.4, 0.5) is 0 Å². The molecule has 0 bridgehead atoms. The van der Waals surface area contributed by atoms with Gasteiger partial charge in [0.1, 0.15) is 6.04 Å². The standard InChI is InChI=1S/C14H19N3O2/c1-15-14(19)12-10-16-7-8-17(12)13(18)9-11-5-3-2-4-6-11/h2-6,12,16H,7-10H2,1H3,(H,15,19). The van der Waals surface area contributed by atoms with Crippen molar-refractivity contribution in [3.05, 3.63) is 35.9 Å². The maximum Gasteiger partial charge on any atom is 0.243 e. The molecule has 2 N–H and O–H groups in total. The van der Waals surface area contributed by atoms with E-state index in [1.165, 1.54) is 0 Å². The van der Waals surface area contributed by atoms with E-state index < -0.39 is 6.04 Å². The number of rotatable bonds is 3. The Balaban J connectivity index is 2.05. The zero-order chi connectivity index (χ0) is 13.7. The lowest BCUT2D eigenvalue weighted by Crippen LogP contribution is -2.59. The first kappa shape index (κ1) is 13.5. The van der Waals surface area contributed by atoms with Crippen LogP contribution in [0.25, 0.3) is 0 Å². The molecule has 2 amide bonds. The second kappa shape index (κ2) is 6.33. The number of nitrogens with one attached hydrogen (secondary N) is 2. The van der Waals surface area contributed by atoms with Crippen LogP contribution >= 0.6 is 0 Å². The smallest absolute Gasteiger partial charge is 0.243 e. The quantitative estimate of drug-likeness (QED) is 0.790. The van der Waals surface area contributed by atoms with Gasteiger partial charge in [0, 0.05) is 26.7 Å². The summed E-state index contributed by atoms with van der Waals surface area (Å²) >= 11 is 0. The van der Waals surface area contributed by atoms with E-state index in [0.717, 1.165) is 12.1 Å². The number of piperazine rings is 1. The first-order valence-electron chi connectivity index (χ1n) is 6.48. The second-order valence-corrected chi connectivity index (χ2v) is 4.58. The summed E-state index contributed by atoms with van der Waals surface area (Å²) in [4.78, 5) is 25.8. The molecular weight excluding hydrogens is 242 g/mol. The molecule has 1 fully saturated rings. The molecule has 2 rings (SSSR count). The van der Waals surface area contributed by atoms with Crippen LogP contribution in [0, 0.1) is 0 Å². The number of likely N-dealkylation sites (N-methyl/N-ethyl adjacent to an activating group) is 1. The zero-order valence-electron chi connectivity index (χ0n) is 11.1. The van der Waals surface area contributed by atoms with Gasteiger partial charge in [-0.2, -0.15) is 0 Å². The number of carbonyl (C=O) groups excluding carboxylic acids is 2. The monoisotopic (exact) mass is 261 g/mol. The highest BCUT2D eigenvalue weighted by molar-refractivity contribution is 5.88. The maximum atomic E-state index is 12.3. The molecule has 1 aromatic carbocycles. The summed E-state index contributed by atoms with van der Waals surface area (Å²) in [5.41, 5.74) is 0.974. The molecule has 1 unspecified atom stereocenters. The molecule has 0 spiro atoms. The van der Waals surface area contributed by atoms with E-state index in [4.69, 9.17) is 0 Å². The molecule has 1 saturated heterocycles. The number of carbonyl (C=O) groups is 2. The summed E-state index contributed by atoms with van der Waals surface area (Å²) in [5.74, 6) is -0.116.